The van der Waals surface area contributed by atoms with Crippen molar-refractivity contribution in [2.45, 2.75) is 54.9 Å². The molecule has 0 aliphatic heterocycles. The molecule has 1 aliphatic carbocycles. The molecule has 2 aromatic carbocycles. The van der Waals surface area contributed by atoms with Crippen molar-refractivity contribution in [3.8, 4) is 0 Å². The van der Waals surface area contributed by atoms with Crippen molar-refractivity contribution in [3.63, 3.8) is 0 Å². The Kier molecular flexibility index (Phi) is 6.04. The number of nitrogens with zero attached hydrogens (tertiary/aromatic N) is 5. The molecule has 0 bridgehead atoms. The molecule has 0 amide bonds. The van der Waals surface area contributed by atoms with Crippen molar-refractivity contribution >= 4 is 36.9 Å². The second kappa shape index (κ2) is 9.21. The molecule has 0 unspecified atom stereocenters. The van der Waals surface area contributed by atoms with Gasteiger partial charge >= 0.3 is 0 Å². The third-order valence-corrected chi connectivity index (χ3v) is 10.4. The van der Waals surface area contributed by atoms with Crippen molar-refractivity contribution in [3.05, 3.63) is 83.7 Å². The highest BCUT2D eigenvalue weighted by Gasteiger charge is 2.34. The first-order valence-electron chi connectivity index (χ1n) is 12.4. The summed E-state index contributed by atoms with van der Waals surface area (Å²) in [5.74, 6) is -0.366. The van der Waals surface area contributed by atoms with Gasteiger partial charge in [0.25, 0.3) is 10.0 Å². The van der Waals surface area contributed by atoms with E-state index in [1.54, 1.807) is 41.7 Å². The van der Waals surface area contributed by atoms with E-state index >= 15 is 0 Å². The molecule has 1 N–H and O–H groups in total. The molecule has 0 saturated heterocycles. The summed E-state index contributed by atoms with van der Waals surface area (Å²) in [4.78, 5) is 4.14. The molecule has 0 spiro atoms. The smallest absolute Gasteiger partial charge is 0.269 e. The zero-order valence-corrected chi connectivity index (χ0v) is 22.7. The minimum Gasteiger partial charge on any atom is -0.274 e. The van der Waals surface area contributed by atoms with Gasteiger partial charge in [-0.2, -0.15) is 0 Å². The van der Waals surface area contributed by atoms with Crippen molar-refractivity contribution in [1.29, 1.82) is 0 Å². The Bertz CT molecular complexity index is 1950. The third-order valence-electron chi connectivity index (χ3n) is 7.14. The van der Waals surface area contributed by atoms with E-state index in [-0.39, 0.29) is 21.4 Å². The first-order valence-corrected chi connectivity index (χ1v) is 15.3. The van der Waals surface area contributed by atoms with Gasteiger partial charge in [-0.1, -0.05) is 23.8 Å². The van der Waals surface area contributed by atoms with Crippen LogP contribution < -0.4 is 4.72 Å². The minimum absolute atomic E-state index is 0.146. The molecule has 0 radical (unpaired) electrons. The maximum absolute atomic E-state index is 14.3. The number of nitrogens with one attached hydrogen (secondary N) is 1. The first kappa shape index (κ1) is 25.6. The summed E-state index contributed by atoms with van der Waals surface area (Å²) in [5.41, 5.74) is 2.80. The fraction of sp³-hybridized carbons (Fsp3) is 0.269. The summed E-state index contributed by atoms with van der Waals surface area (Å²) in [5, 5.41) is 8.58. The van der Waals surface area contributed by atoms with Gasteiger partial charge in [-0.05, 0) is 69.0 Å². The van der Waals surface area contributed by atoms with Gasteiger partial charge in [0.2, 0.25) is 10.0 Å². The zero-order chi connectivity index (χ0) is 27.5. The van der Waals surface area contributed by atoms with E-state index in [0.29, 0.717) is 41.8 Å². The minimum atomic E-state index is -4.06. The second-order valence-corrected chi connectivity index (χ2v) is 13.4. The second-order valence-electron chi connectivity index (χ2n) is 9.91. The Balaban J connectivity index is 1.32. The Labute approximate surface area is 224 Å². The van der Waals surface area contributed by atoms with Gasteiger partial charge in [-0.25, -0.2) is 34.9 Å². The molecule has 3 heterocycles. The topological polar surface area (TPSA) is 128 Å². The van der Waals surface area contributed by atoms with Crippen LogP contribution in [-0.2, 0) is 20.0 Å². The van der Waals surface area contributed by atoms with Gasteiger partial charge < -0.3 is 0 Å². The molecule has 2 atom stereocenters. The lowest BCUT2D eigenvalue weighted by atomic mass is 10.1. The van der Waals surface area contributed by atoms with Crippen LogP contribution in [0.4, 0.5) is 4.39 Å². The monoisotopic (exact) mass is 568 g/mol. The average Bonchev–Trinajstić information content (AvgIpc) is 3.63. The van der Waals surface area contributed by atoms with Crippen LogP contribution in [0.1, 0.15) is 42.1 Å². The van der Waals surface area contributed by atoms with E-state index in [2.05, 4.69) is 19.9 Å². The SMILES string of the molecule is Cc1ccc(S(=O)(=O)n2ccc3c2ncc2nnc([C@@H]4CC[C@H](NS(=O)(=O)c5cc(C)ccc5F)C4)n23)cc1. The number of halogens is 1. The first-order chi connectivity index (χ1) is 18.5. The maximum atomic E-state index is 14.3. The quantitative estimate of drug-likeness (QED) is 0.331. The lowest BCUT2D eigenvalue weighted by molar-refractivity contribution is 0.533. The maximum Gasteiger partial charge on any atom is 0.269 e. The number of benzene rings is 2. The number of rotatable bonds is 6. The van der Waals surface area contributed by atoms with Crippen LogP contribution in [0.5, 0.6) is 0 Å². The van der Waals surface area contributed by atoms with Gasteiger partial charge in [0.15, 0.2) is 11.3 Å². The summed E-state index contributed by atoms with van der Waals surface area (Å²) >= 11 is 0. The number of aryl methyl sites for hydroxylation is 2. The van der Waals surface area contributed by atoms with E-state index in [1.807, 2.05) is 6.92 Å². The zero-order valence-electron chi connectivity index (χ0n) is 21.1. The lowest BCUT2D eigenvalue weighted by Gasteiger charge is -2.14. The molecular weight excluding hydrogens is 543 g/mol. The number of aromatic nitrogens is 5. The van der Waals surface area contributed by atoms with Crippen molar-refractivity contribution in [2.24, 2.45) is 0 Å². The highest BCUT2D eigenvalue weighted by atomic mass is 32.2. The van der Waals surface area contributed by atoms with Crippen molar-refractivity contribution in [1.82, 2.24) is 28.3 Å². The van der Waals surface area contributed by atoms with E-state index in [4.69, 9.17) is 0 Å². The van der Waals surface area contributed by atoms with Gasteiger partial charge in [0, 0.05) is 18.2 Å². The highest BCUT2D eigenvalue weighted by Crippen LogP contribution is 2.36. The molecule has 1 aliphatic rings. The molecule has 13 heteroatoms. The Morgan fingerprint density at radius 3 is 2.46 bits per heavy atom. The highest BCUT2D eigenvalue weighted by molar-refractivity contribution is 7.90. The number of sulfonamides is 1. The van der Waals surface area contributed by atoms with Crippen molar-refractivity contribution < 1.29 is 21.2 Å². The van der Waals surface area contributed by atoms with Crippen molar-refractivity contribution in [2.75, 3.05) is 0 Å². The van der Waals surface area contributed by atoms with Gasteiger partial charge in [0.05, 0.1) is 16.6 Å². The molecule has 3 aromatic heterocycles. The van der Waals surface area contributed by atoms with Crippen LogP contribution in [0, 0.1) is 19.7 Å². The fourth-order valence-electron chi connectivity index (χ4n) is 5.16. The Morgan fingerprint density at radius 2 is 1.69 bits per heavy atom. The van der Waals surface area contributed by atoms with Crippen LogP contribution in [0.3, 0.4) is 0 Å². The van der Waals surface area contributed by atoms with E-state index in [0.717, 1.165) is 15.6 Å². The molecule has 1 fully saturated rings. The van der Waals surface area contributed by atoms with E-state index in [1.165, 1.54) is 24.5 Å². The number of hydrogen-bond donors (Lipinski definition) is 1. The molecule has 1 saturated carbocycles. The number of fused-ring (bicyclic) bond motifs is 3. The Hall–Kier alpha value is -3.68. The fourth-order valence-corrected chi connectivity index (χ4v) is 7.90. The summed E-state index contributed by atoms with van der Waals surface area (Å²) in [6.07, 6.45) is 4.51. The number of hydrogen-bond acceptors (Lipinski definition) is 7. The summed E-state index contributed by atoms with van der Waals surface area (Å²) in [6.45, 7) is 3.59. The normalized spacial score (nSPS) is 18.3. The standard InChI is InChI=1S/C26H25FN6O4S2/c1-16-3-8-20(9-4-16)39(36,37)32-12-11-22-26(32)28-15-24-29-30-25(33(22)24)18-6-7-19(14-18)31-38(34,35)23-13-17(2)5-10-21(23)27/h3-5,8-13,15,18-19,31H,6-7,14H2,1-2H3/t18-,19+/m1/s1. The molecule has 5 aromatic rings. The summed E-state index contributed by atoms with van der Waals surface area (Å²) < 4.78 is 72.4. The Morgan fingerprint density at radius 1 is 0.949 bits per heavy atom. The van der Waals surface area contributed by atoms with Gasteiger partial charge in [-0.15, -0.1) is 10.2 Å². The van der Waals surface area contributed by atoms with E-state index < -0.39 is 31.9 Å². The summed E-state index contributed by atoms with van der Waals surface area (Å²) in [7, 11) is -7.95. The van der Waals surface area contributed by atoms with Crippen LogP contribution in [0.15, 0.2) is 70.7 Å². The van der Waals surface area contributed by atoms with Crippen LogP contribution >= 0.6 is 0 Å². The van der Waals surface area contributed by atoms with Crippen LogP contribution in [0.25, 0.3) is 16.8 Å². The third kappa shape index (κ3) is 4.39. The predicted octanol–water partition coefficient (Wildman–Crippen LogP) is 3.69. The predicted molar refractivity (Wildman–Crippen MR) is 142 cm³/mol. The molecule has 10 nitrogen and oxygen atoms in total. The summed E-state index contributed by atoms with van der Waals surface area (Å²) in [6, 6.07) is 11.8. The lowest BCUT2D eigenvalue weighted by Crippen LogP contribution is -2.33. The van der Waals surface area contributed by atoms with E-state index in [9.17, 15) is 21.2 Å². The van der Waals surface area contributed by atoms with Gasteiger partial charge in [-0.3, -0.25) is 4.40 Å². The molecule has 6 rings (SSSR count). The van der Waals surface area contributed by atoms with Crippen LogP contribution in [-0.4, -0.2) is 46.4 Å². The average molecular weight is 569 g/mol. The van der Waals surface area contributed by atoms with Gasteiger partial charge in [0.1, 0.15) is 16.5 Å². The molecule has 39 heavy (non-hydrogen) atoms. The molecule has 202 valence electrons. The van der Waals surface area contributed by atoms with Crippen LogP contribution in [0.2, 0.25) is 0 Å². The molecular formula is C26H25FN6O4S2. The largest absolute Gasteiger partial charge is 0.274 e.